The van der Waals surface area contributed by atoms with E-state index >= 15 is 0 Å². The molecule has 2 aromatic heterocycles. The van der Waals surface area contributed by atoms with E-state index in [1.807, 2.05) is 36.4 Å². The van der Waals surface area contributed by atoms with E-state index in [0.29, 0.717) is 11.3 Å². The van der Waals surface area contributed by atoms with Crippen molar-refractivity contribution in [2.75, 3.05) is 0 Å². The van der Waals surface area contributed by atoms with Crippen LogP contribution in [-0.2, 0) is 0 Å². The van der Waals surface area contributed by atoms with E-state index in [0.717, 1.165) is 22.0 Å². The fourth-order valence-electron chi connectivity index (χ4n) is 2.56. The third-order valence-electron chi connectivity index (χ3n) is 3.62. The first-order valence-electron chi connectivity index (χ1n) is 6.80. The highest BCUT2D eigenvalue weighted by atomic mass is 16.4. The third-order valence-corrected chi connectivity index (χ3v) is 3.62. The molecule has 2 aromatic carbocycles. The molecule has 0 radical (unpaired) electrons. The summed E-state index contributed by atoms with van der Waals surface area (Å²) >= 11 is 0. The zero-order valence-corrected chi connectivity index (χ0v) is 11.5. The predicted molar refractivity (Wildman–Crippen MR) is 83.4 cm³/mol. The van der Waals surface area contributed by atoms with Crippen molar-refractivity contribution in [3.05, 3.63) is 60.2 Å². The standard InChI is InChI=1S/C18H13NO2/c1-11-5-7-14-12(9-11)6-8-15(19-14)17-10-13-3-2-4-16(20)18(13)21-17/h2-10,20H,1H3. The van der Waals surface area contributed by atoms with E-state index in [1.165, 1.54) is 5.56 Å². The average Bonchev–Trinajstić information content (AvgIpc) is 2.92. The molecule has 4 rings (SSSR count). The van der Waals surface area contributed by atoms with Crippen molar-refractivity contribution < 1.29 is 9.52 Å². The number of aromatic hydroxyl groups is 1. The summed E-state index contributed by atoms with van der Waals surface area (Å²) < 4.78 is 5.75. The minimum absolute atomic E-state index is 0.148. The lowest BCUT2D eigenvalue weighted by Crippen LogP contribution is -1.84. The lowest BCUT2D eigenvalue weighted by molar-refractivity contribution is 0.466. The molecule has 1 N–H and O–H groups in total. The van der Waals surface area contributed by atoms with Gasteiger partial charge >= 0.3 is 0 Å². The quantitative estimate of drug-likeness (QED) is 0.549. The Balaban J connectivity index is 1.91. The molecule has 0 bridgehead atoms. The summed E-state index contributed by atoms with van der Waals surface area (Å²) in [5, 5.41) is 11.8. The molecule has 0 aliphatic carbocycles. The Hall–Kier alpha value is -2.81. The summed E-state index contributed by atoms with van der Waals surface area (Å²) in [5.74, 6) is 0.809. The van der Waals surface area contributed by atoms with Crippen LogP contribution in [0.15, 0.2) is 59.0 Å². The molecule has 0 unspecified atom stereocenters. The number of benzene rings is 2. The van der Waals surface area contributed by atoms with Crippen molar-refractivity contribution in [1.29, 1.82) is 0 Å². The number of nitrogens with zero attached hydrogens (tertiary/aromatic N) is 1. The molecule has 3 nitrogen and oxygen atoms in total. The summed E-state index contributed by atoms with van der Waals surface area (Å²) in [6, 6.07) is 17.4. The zero-order chi connectivity index (χ0) is 14.4. The van der Waals surface area contributed by atoms with Crippen molar-refractivity contribution in [2.24, 2.45) is 0 Å². The maximum Gasteiger partial charge on any atom is 0.176 e. The number of pyridine rings is 1. The molecule has 0 saturated carbocycles. The topological polar surface area (TPSA) is 46.3 Å². The average molecular weight is 275 g/mol. The van der Waals surface area contributed by atoms with Crippen molar-refractivity contribution in [3.8, 4) is 17.2 Å². The lowest BCUT2D eigenvalue weighted by atomic mass is 10.1. The Morgan fingerprint density at radius 2 is 1.86 bits per heavy atom. The molecule has 21 heavy (non-hydrogen) atoms. The van der Waals surface area contributed by atoms with E-state index < -0.39 is 0 Å². The molecular weight excluding hydrogens is 262 g/mol. The number of furan rings is 1. The van der Waals surface area contributed by atoms with Gasteiger partial charge in [0.05, 0.1) is 5.52 Å². The largest absolute Gasteiger partial charge is 0.504 e. The minimum Gasteiger partial charge on any atom is -0.504 e. The predicted octanol–water partition coefficient (Wildman–Crippen LogP) is 4.66. The van der Waals surface area contributed by atoms with Crippen LogP contribution in [0.4, 0.5) is 0 Å². The second-order valence-corrected chi connectivity index (χ2v) is 5.20. The highest BCUT2D eigenvalue weighted by molar-refractivity contribution is 5.88. The smallest absolute Gasteiger partial charge is 0.176 e. The van der Waals surface area contributed by atoms with Crippen LogP contribution < -0.4 is 0 Å². The maximum atomic E-state index is 9.82. The van der Waals surface area contributed by atoms with Gasteiger partial charge in [0.15, 0.2) is 17.1 Å². The molecule has 2 heterocycles. The van der Waals surface area contributed by atoms with Gasteiger partial charge in [-0.2, -0.15) is 0 Å². The van der Waals surface area contributed by atoms with Crippen LogP contribution in [0.5, 0.6) is 5.75 Å². The number of phenols is 1. The zero-order valence-electron chi connectivity index (χ0n) is 11.5. The van der Waals surface area contributed by atoms with Gasteiger partial charge < -0.3 is 9.52 Å². The second kappa shape index (κ2) is 4.35. The van der Waals surface area contributed by atoms with Crippen molar-refractivity contribution in [3.63, 3.8) is 0 Å². The number of hydrogen-bond acceptors (Lipinski definition) is 3. The first-order chi connectivity index (χ1) is 10.2. The number of phenolic OH excluding ortho intramolecular Hbond substituents is 1. The summed E-state index contributed by atoms with van der Waals surface area (Å²) in [7, 11) is 0. The Bertz CT molecular complexity index is 969. The Morgan fingerprint density at radius 1 is 0.952 bits per heavy atom. The van der Waals surface area contributed by atoms with E-state index in [4.69, 9.17) is 4.42 Å². The third kappa shape index (κ3) is 1.94. The molecule has 3 heteroatoms. The highest BCUT2D eigenvalue weighted by Crippen LogP contribution is 2.32. The molecule has 0 atom stereocenters. The number of aromatic nitrogens is 1. The fraction of sp³-hybridized carbons (Fsp3) is 0.0556. The summed E-state index contributed by atoms with van der Waals surface area (Å²) in [4.78, 5) is 4.64. The Morgan fingerprint density at radius 3 is 2.71 bits per heavy atom. The van der Waals surface area contributed by atoms with E-state index in [2.05, 4.69) is 18.0 Å². The number of rotatable bonds is 1. The number of fused-ring (bicyclic) bond motifs is 2. The van der Waals surface area contributed by atoms with E-state index in [1.54, 1.807) is 12.1 Å². The summed E-state index contributed by atoms with van der Waals surface area (Å²) in [5.41, 5.74) is 3.41. The Labute approximate surface area is 121 Å². The van der Waals surface area contributed by atoms with Crippen molar-refractivity contribution in [1.82, 2.24) is 4.98 Å². The van der Waals surface area contributed by atoms with Crippen LogP contribution in [0.3, 0.4) is 0 Å². The molecule has 0 amide bonds. The minimum atomic E-state index is 0.148. The van der Waals surface area contributed by atoms with Crippen LogP contribution in [0, 0.1) is 6.92 Å². The normalized spacial score (nSPS) is 11.3. The van der Waals surface area contributed by atoms with Gasteiger partial charge in [0.25, 0.3) is 0 Å². The number of hydrogen-bond donors (Lipinski definition) is 1. The molecule has 0 spiro atoms. The Kier molecular flexibility index (Phi) is 2.48. The van der Waals surface area contributed by atoms with Gasteiger partial charge in [0.2, 0.25) is 0 Å². The molecule has 102 valence electrons. The summed E-state index contributed by atoms with van der Waals surface area (Å²) in [6.45, 7) is 2.06. The first-order valence-corrected chi connectivity index (χ1v) is 6.80. The molecule has 0 aliphatic rings. The van der Waals surface area contributed by atoms with Gasteiger partial charge in [-0.05, 0) is 37.3 Å². The van der Waals surface area contributed by atoms with Crippen LogP contribution >= 0.6 is 0 Å². The number of para-hydroxylation sites is 1. The molecule has 0 fully saturated rings. The van der Waals surface area contributed by atoms with Crippen LogP contribution in [0.25, 0.3) is 33.3 Å². The second-order valence-electron chi connectivity index (χ2n) is 5.20. The highest BCUT2D eigenvalue weighted by Gasteiger charge is 2.10. The monoisotopic (exact) mass is 275 g/mol. The van der Waals surface area contributed by atoms with Crippen LogP contribution in [-0.4, -0.2) is 10.1 Å². The van der Waals surface area contributed by atoms with Crippen molar-refractivity contribution >= 4 is 21.9 Å². The first kappa shape index (κ1) is 12.0. The van der Waals surface area contributed by atoms with E-state index in [9.17, 15) is 5.11 Å². The van der Waals surface area contributed by atoms with Crippen molar-refractivity contribution in [2.45, 2.75) is 6.92 Å². The fourth-order valence-corrected chi connectivity index (χ4v) is 2.56. The summed E-state index contributed by atoms with van der Waals surface area (Å²) in [6.07, 6.45) is 0. The van der Waals surface area contributed by atoms with Crippen LogP contribution in [0.2, 0.25) is 0 Å². The van der Waals surface area contributed by atoms with Gasteiger partial charge in [-0.25, -0.2) is 4.98 Å². The van der Waals surface area contributed by atoms with E-state index in [-0.39, 0.29) is 5.75 Å². The van der Waals surface area contributed by atoms with Gasteiger partial charge in [-0.15, -0.1) is 0 Å². The van der Waals surface area contributed by atoms with Gasteiger partial charge in [-0.3, -0.25) is 0 Å². The SMILES string of the molecule is Cc1ccc2nc(-c3cc4cccc(O)c4o3)ccc2c1. The lowest BCUT2D eigenvalue weighted by Gasteiger charge is -2.01. The molecule has 4 aromatic rings. The molecular formula is C18H13NO2. The molecule has 0 saturated heterocycles. The van der Waals surface area contributed by atoms with Gasteiger partial charge in [-0.1, -0.05) is 29.8 Å². The van der Waals surface area contributed by atoms with Crippen LogP contribution in [0.1, 0.15) is 5.56 Å². The molecule has 0 aliphatic heterocycles. The number of aryl methyl sites for hydroxylation is 1. The van der Waals surface area contributed by atoms with Gasteiger partial charge in [0.1, 0.15) is 5.69 Å². The van der Waals surface area contributed by atoms with Gasteiger partial charge in [0, 0.05) is 10.8 Å². The maximum absolute atomic E-state index is 9.82.